The van der Waals surface area contributed by atoms with Gasteiger partial charge in [-0.1, -0.05) is 66.7 Å². The molecule has 0 saturated heterocycles. The summed E-state index contributed by atoms with van der Waals surface area (Å²) >= 11 is 0. The van der Waals surface area contributed by atoms with Crippen molar-refractivity contribution in [1.82, 2.24) is 4.72 Å². The molecule has 17 heteroatoms. The zero-order chi connectivity index (χ0) is 47.7. The number of furan rings is 2. The van der Waals surface area contributed by atoms with E-state index in [9.17, 15) is 35.6 Å². The number of hydrogen-bond donors (Lipinski definition) is 2. The van der Waals surface area contributed by atoms with Crippen LogP contribution < -0.4 is 24.0 Å². The molecule has 0 aliphatic heterocycles. The van der Waals surface area contributed by atoms with Crippen LogP contribution in [-0.4, -0.2) is 52.7 Å². The standard InChI is InChI=1S/C28H26F2N2O5S.C21H19F2NO4/c1-18-6-4-5-7-26(18)38(34,35)31-27(33)25-16-22(19(2)36-25)17-32(3)23-12-8-20(9-13-23)21-10-14-24(15-11-21)37-28(29)30;1-13-16(11-19(27-13)20(25)26)12-24(2)17-7-3-14(4-8-17)15-5-9-18(10-6-15)28-21(22)23/h4-16,28H,17H2,1-3H3,(H,31,33);3-11,21H,12H2,1-2H3,(H,25,26). The summed E-state index contributed by atoms with van der Waals surface area (Å²) in [7, 11) is -0.277. The van der Waals surface area contributed by atoms with Gasteiger partial charge in [-0.3, -0.25) is 4.79 Å². The molecule has 2 aromatic heterocycles. The van der Waals surface area contributed by atoms with Crippen molar-refractivity contribution in [1.29, 1.82) is 0 Å². The predicted molar refractivity (Wildman–Crippen MR) is 241 cm³/mol. The molecule has 0 bridgehead atoms. The molecule has 0 unspecified atom stereocenters. The van der Waals surface area contributed by atoms with Gasteiger partial charge in [-0.25, -0.2) is 17.9 Å². The first-order valence-electron chi connectivity index (χ1n) is 20.1. The summed E-state index contributed by atoms with van der Waals surface area (Å²) < 4.78 is 96.1. The zero-order valence-electron chi connectivity index (χ0n) is 36.3. The number of carbonyl (C=O) groups is 2. The van der Waals surface area contributed by atoms with Gasteiger partial charge in [0.1, 0.15) is 23.0 Å². The highest BCUT2D eigenvalue weighted by Crippen LogP contribution is 2.29. The number of nitrogens with one attached hydrogen (secondary N) is 1. The third kappa shape index (κ3) is 12.4. The number of carboxylic acid groups (broad SMARTS) is 1. The monoisotopic (exact) mass is 927 g/mol. The number of carbonyl (C=O) groups excluding carboxylic acids is 1. The van der Waals surface area contributed by atoms with Gasteiger partial charge in [-0.2, -0.15) is 17.6 Å². The minimum atomic E-state index is -4.05. The predicted octanol–water partition coefficient (Wildman–Crippen LogP) is 11.1. The van der Waals surface area contributed by atoms with Gasteiger partial charge >= 0.3 is 25.1 Å². The van der Waals surface area contributed by atoms with Crippen LogP contribution in [-0.2, 0) is 23.1 Å². The van der Waals surface area contributed by atoms with E-state index in [0.717, 1.165) is 44.8 Å². The number of ether oxygens (including phenoxy) is 2. The lowest BCUT2D eigenvalue weighted by atomic mass is 10.0. The normalized spacial score (nSPS) is 11.2. The van der Waals surface area contributed by atoms with Crippen LogP contribution in [0.1, 0.15) is 49.3 Å². The van der Waals surface area contributed by atoms with Crippen molar-refractivity contribution in [3.63, 3.8) is 0 Å². The number of carboxylic acids is 1. The molecule has 5 aromatic carbocycles. The topological polar surface area (TPSA) is 152 Å². The molecule has 0 radical (unpaired) electrons. The number of aryl methyl sites for hydroxylation is 3. The van der Waals surface area contributed by atoms with Gasteiger partial charge in [0.2, 0.25) is 5.76 Å². The SMILES string of the molecule is Cc1ccccc1S(=O)(=O)NC(=O)c1cc(CN(C)c2ccc(-c3ccc(OC(F)F)cc3)cc2)c(C)o1.Cc1oc(C(=O)O)cc1CN(C)c1ccc(-c2ccc(OC(F)F)cc2)cc1. The fourth-order valence-corrected chi connectivity index (χ4v) is 8.03. The molecule has 7 aromatic rings. The molecule has 0 aliphatic rings. The van der Waals surface area contributed by atoms with Gasteiger partial charge in [0.05, 0.1) is 4.90 Å². The Morgan fingerprint density at radius 1 is 0.606 bits per heavy atom. The molecular formula is C49H45F4N3O9S. The van der Waals surface area contributed by atoms with E-state index >= 15 is 0 Å². The first-order chi connectivity index (χ1) is 31.4. The van der Waals surface area contributed by atoms with E-state index in [1.165, 1.54) is 42.5 Å². The summed E-state index contributed by atoms with van der Waals surface area (Å²) in [6, 6.07) is 37.7. The molecule has 0 fully saturated rings. The van der Waals surface area contributed by atoms with Crippen LogP contribution in [0.2, 0.25) is 0 Å². The Bertz CT molecular complexity index is 2870. The van der Waals surface area contributed by atoms with Crippen LogP contribution in [0.25, 0.3) is 22.3 Å². The van der Waals surface area contributed by atoms with Crippen LogP contribution in [0.15, 0.2) is 147 Å². The van der Waals surface area contributed by atoms with E-state index in [0.29, 0.717) is 30.2 Å². The van der Waals surface area contributed by atoms with Crippen LogP contribution >= 0.6 is 0 Å². The largest absolute Gasteiger partial charge is 0.475 e. The lowest BCUT2D eigenvalue weighted by Crippen LogP contribution is -2.30. The molecular weight excluding hydrogens is 883 g/mol. The number of benzene rings is 5. The van der Waals surface area contributed by atoms with Crippen molar-refractivity contribution >= 4 is 33.3 Å². The number of sulfonamides is 1. The van der Waals surface area contributed by atoms with E-state index in [1.807, 2.05) is 72.4 Å². The summed E-state index contributed by atoms with van der Waals surface area (Å²) in [4.78, 5) is 27.6. The lowest BCUT2D eigenvalue weighted by Gasteiger charge is -2.19. The van der Waals surface area contributed by atoms with Crippen LogP contribution in [0.3, 0.4) is 0 Å². The highest BCUT2D eigenvalue weighted by Gasteiger charge is 2.24. The van der Waals surface area contributed by atoms with E-state index < -0.39 is 35.1 Å². The third-order valence-electron chi connectivity index (χ3n) is 10.3. The van der Waals surface area contributed by atoms with Crippen molar-refractivity contribution in [3.8, 4) is 33.8 Å². The third-order valence-corrected chi connectivity index (χ3v) is 11.8. The second-order valence-corrected chi connectivity index (χ2v) is 16.7. The maximum atomic E-state index is 12.7. The van der Waals surface area contributed by atoms with E-state index in [-0.39, 0.29) is 27.9 Å². The Morgan fingerprint density at radius 3 is 1.36 bits per heavy atom. The highest BCUT2D eigenvalue weighted by atomic mass is 32.2. The van der Waals surface area contributed by atoms with Crippen molar-refractivity contribution < 1.29 is 59.0 Å². The molecule has 0 spiro atoms. The number of anilines is 2. The molecule has 0 saturated carbocycles. The zero-order valence-corrected chi connectivity index (χ0v) is 37.1. The van der Waals surface area contributed by atoms with Gasteiger partial charge in [0.25, 0.3) is 10.0 Å². The van der Waals surface area contributed by atoms with E-state index in [4.69, 9.17) is 13.9 Å². The molecule has 7 rings (SSSR count). The Balaban J connectivity index is 0.000000229. The first kappa shape index (κ1) is 47.9. The minimum absolute atomic E-state index is 0.0254. The smallest absolute Gasteiger partial charge is 0.387 e. The molecule has 2 heterocycles. The fraction of sp³-hybridized carbons (Fsp3) is 0.184. The second kappa shape index (κ2) is 21.0. The maximum absolute atomic E-state index is 12.7. The van der Waals surface area contributed by atoms with Gasteiger partial charge < -0.3 is 33.2 Å². The summed E-state index contributed by atoms with van der Waals surface area (Å²) in [6.07, 6.45) is 0. The minimum Gasteiger partial charge on any atom is -0.475 e. The average Bonchev–Trinajstić information content (AvgIpc) is 3.84. The maximum Gasteiger partial charge on any atom is 0.387 e. The Morgan fingerprint density at radius 2 is 0.985 bits per heavy atom. The number of halogens is 4. The Kier molecular flexibility index (Phi) is 15.2. The quantitative estimate of drug-likeness (QED) is 0.0891. The average molecular weight is 928 g/mol. The number of aromatic carboxylic acids is 1. The van der Waals surface area contributed by atoms with Gasteiger partial charge in [0.15, 0.2) is 5.76 Å². The molecule has 12 nitrogen and oxygen atoms in total. The number of alkyl halides is 4. The fourth-order valence-electron chi connectivity index (χ4n) is 6.82. The van der Waals surface area contributed by atoms with Crippen LogP contribution in [0.5, 0.6) is 11.5 Å². The summed E-state index contributed by atoms with van der Waals surface area (Å²) in [5.41, 5.74) is 7.46. The van der Waals surface area contributed by atoms with Crippen LogP contribution in [0, 0.1) is 20.8 Å². The number of nitrogens with zero attached hydrogens (tertiary/aromatic N) is 2. The molecule has 0 aliphatic carbocycles. The summed E-state index contributed by atoms with van der Waals surface area (Å²) in [6.45, 7) is 0.296. The van der Waals surface area contributed by atoms with Crippen LogP contribution in [0.4, 0.5) is 28.9 Å². The number of hydrogen-bond acceptors (Lipinski definition) is 10. The van der Waals surface area contributed by atoms with E-state index in [2.05, 4.69) is 14.2 Å². The number of rotatable bonds is 16. The number of amides is 1. The van der Waals surface area contributed by atoms with Gasteiger partial charge in [-0.05, 0) is 115 Å². The lowest BCUT2D eigenvalue weighted by molar-refractivity contribution is -0.0505. The van der Waals surface area contributed by atoms with Crippen molar-refractivity contribution in [2.45, 2.75) is 52.0 Å². The van der Waals surface area contributed by atoms with Gasteiger partial charge in [-0.15, -0.1) is 0 Å². The molecule has 1 amide bonds. The summed E-state index contributed by atoms with van der Waals surface area (Å²) in [5.74, 6) is -0.827. The molecule has 0 atom stereocenters. The van der Waals surface area contributed by atoms with Crippen molar-refractivity contribution in [3.05, 3.63) is 173 Å². The summed E-state index contributed by atoms with van der Waals surface area (Å²) in [5, 5.41) is 9.02. The molecule has 2 N–H and O–H groups in total. The van der Waals surface area contributed by atoms with Crippen molar-refractivity contribution in [2.75, 3.05) is 23.9 Å². The van der Waals surface area contributed by atoms with Crippen molar-refractivity contribution in [2.24, 2.45) is 0 Å². The first-order valence-corrected chi connectivity index (χ1v) is 21.6. The molecule has 344 valence electrons. The Labute approximate surface area is 378 Å². The van der Waals surface area contributed by atoms with Gasteiger partial charge in [0, 0.05) is 49.7 Å². The van der Waals surface area contributed by atoms with E-state index in [1.54, 1.807) is 63.2 Å². The molecule has 66 heavy (non-hydrogen) atoms. The second-order valence-electron chi connectivity index (χ2n) is 15.0. The Hall–Kier alpha value is -7.53. The highest BCUT2D eigenvalue weighted by molar-refractivity contribution is 7.90.